The van der Waals surface area contributed by atoms with Gasteiger partial charge in [-0.2, -0.15) is 0 Å². The van der Waals surface area contributed by atoms with E-state index >= 15 is 0 Å². The average Bonchev–Trinajstić information content (AvgIpc) is 2.44. The molecule has 0 heterocycles. The van der Waals surface area contributed by atoms with E-state index in [1.165, 1.54) is 11.8 Å². The molecule has 4 nitrogen and oxygen atoms in total. The number of nitro benzene ring substituents is 1. The van der Waals surface area contributed by atoms with Gasteiger partial charge < -0.3 is 4.74 Å². The molecule has 22 heavy (non-hydrogen) atoms. The van der Waals surface area contributed by atoms with Gasteiger partial charge in [0.15, 0.2) is 0 Å². The summed E-state index contributed by atoms with van der Waals surface area (Å²) < 4.78 is 6.42. The van der Waals surface area contributed by atoms with Crippen molar-refractivity contribution in [3.8, 4) is 5.75 Å². The second-order valence-corrected chi connectivity index (χ2v) is 7.02. The third-order valence-corrected chi connectivity index (χ3v) is 5.02. The number of nitrogens with zero attached hydrogens (tertiary/aromatic N) is 1. The molecular formula is C15H13BrClNO3S. The van der Waals surface area contributed by atoms with Crippen molar-refractivity contribution >= 4 is 45.0 Å². The molecule has 0 saturated carbocycles. The van der Waals surface area contributed by atoms with Crippen LogP contribution in [-0.4, -0.2) is 11.0 Å². The summed E-state index contributed by atoms with van der Waals surface area (Å²) >= 11 is 10.8. The number of ether oxygens (including phenoxy) is 1. The molecule has 2 rings (SSSR count). The van der Waals surface area contributed by atoms with E-state index < -0.39 is 4.92 Å². The van der Waals surface area contributed by atoms with Crippen LogP contribution in [0.3, 0.4) is 0 Å². The number of halogens is 2. The van der Waals surface area contributed by atoms with Crippen molar-refractivity contribution in [3.63, 3.8) is 0 Å². The van der Waals surface area contributed by atoms with E-state index in [2.05, 4.69) is 15.9 Å². The first-order chi connectivity index (χ1) is 10.4. The molecule has 7 heteroatoms. The largest absolute Gasteiger partial charge is 0.483 e. The zero-order valence-corrected chi connectivity index (χ0v) is 15.0. The minimum atomic E-state index is -0.456. The predicted octanol–water partition coefficient (Wildman–Crippen LogP) is 5.95. The Bertz CT molecular complexity index is 709. The summed E-state index contributed by atoms with van der Waals surface area (Å²) in [6, 6.07) is 10.8. The van der Waals surface area contributed by atoms with E-state index in [1.54, 1.807) is 26.0 Å². The molecule has 0 spiro atoms. The smallest absolute Gasteiger partial charge is 0.326 e. The Labute approximate surface area is 146 Å². The molecule has 0 aliphatic rings. The highest BCUT2D eigenvalue weighted by Gasteiger charge is 2.26. The lowest BCUT2D eigenvalue weighted by molar-refractivity contribution is -0.388. The Morgan fingerprint density at radius 1 is 1.23 bits per heavy atom. The molecule has 2 aromatic rings. The van der Waals surface area contributed by atoms with Gasteiger partial charge >= 0.3 is 5.69 Å². The number of rotatable bonds is 5. The standard InChI is InChI=1S/C15H13BrClNO3S/c1-9(2)21-15-11(17)7-8-13(14(15)18(19)20)22-12-6-4-3-5-10(12)16/h3-9H,1-2H3. The lowest BCUT2D eigenvalue weighted by atomic mass is 10.3. The van der Waals surface area contributed by atoms with Gasteiger partial charge in [-0.1, -0.05) is 35.5 Å². The van der Waals surface area contributed by atoms with Crippen LogP contribution in [0.2, 0.25) is 5.02 Å². The maximum atomic E-state index is 11.5. The summed E-state index contributed by atoms with van der Waals surface area (Å²) in [6.07, 6.45) is -0.208. The molecular weight excluding hydrogens is 390 g/mol. The maximum absolute atomic E-state index is 11.5. The van der Waals surface area contributed by atoms with Gasteiger partial charge in [-0.25, -0.2) is 0 Å². The molecule has 2 aromatic carbocycles. The van der Waals surface area contributed by atoms with Crippen molar-refractivity contribution in [1.29, 1.82) is 0 Å². The van der Waals surface area contributed by atoms with Crippen molar-refractivity contribution in [2.24, 2.45) is 0 Å². The van der Waals surface area contributed by atoms with Crippen LogP contribution in [0.5, 0.6) is 5.75 Å². The Morgan fingerprint density at radius 3 is 2.50 bits per heavy atom. The fraction of sp³-hybridized carbons (Fsp3) is 0.200. The lowest BCUT2D eigenvalue weighted by Crippen LogP contribution is -2.08. The highest BCUT2D eigenvalue weighted by molar-refractivity contribution is 9.10. The van der Waals surface area contributed by atoms with Gasteiger partial charge in [-0.3, -0.25) is 10.1 Å². The molecule has 0 saturated heterocycles. The summed E-state index contributed by atoms with van der Waals surface area (Å²) in [6.45, 7) is 3.60. The minimum absolute atomic E-state index is 0.109. The molecule has 0 fully saturated rings. The summed E-state index contributed by atoms with van der Waals surface area (Å²) in [4.78, 5) is 12.4. The van der Waals surface area contributed by atoms with Gasteiger partial charge in [0.05, 0.1) is 20.9 Å². The fourth-order valence-electron chi connectivity index (χ4n) is 1.78. The van der Waals surface area contributed by atoms with E-state index in [1.807, 2.05) is 24.3 Å². The monoisotopic (exact) mass is 401 g/mol. The second-order valence-electron chi connectivity index (χ2n) is 4.68. The summed E-state index contributed by atoms with van der Waals surface area (Å²) in [5.74, 6) is 0.110. The molecule has 0 radical (unpaired) electrons. The predicted molar refractivity (Wildman–Crippen MR) is 92.1 cm³/mol. The van der Waals surface area contributed by atoms with Crippen LogP contribution in [0.4, 0.5) is 5.69 Å². The molecule has 0 aliphatic heterocycles. The number of nitro groups is 1. The second kappa shape index (κ2) is 7.35. The van der Waals surface area contributed by atoms with Crippen LogP contribution in [0.1, 0.15) is 13.8 Å². The summed E-state index contributed by atoms with van der Waals surface area (Å²) in [7, 11) is 0. The van der Waals surface area contributed by atoms with Crippen LogP contribution in [0, 0.1) is 10.1 Å². The minimum Gasteiger partial charge on any atom is -0.483 e. The molecule has 0 aromatic heterocycles. The van der Waals surface area contributed by atoms with Gasteiger partial charge in [-0.05, 0) is 54.0 Å². The molecule has 0 bridgehead atoms. The van der Waals surface area contributed by atoms with Gasteiger partial charge in [0.1, 0.15) is 0 Å². The van der Waals surface area contributed by atoms with Crippen molar-refractivity contribution in [2.75, 3.05) is 0 Å². The van der Waals surface area contributed by atoms with Crippen molar-refractivity contribution in [3.05, 3.63) is 56.0 Å². The molecule has 116 valence electrons. The zero-order chi connectivity index (χ0) is 16.3. The maximum Gasteiger partial charge on any atom is 0.326 e. The van der Waals surface area contributed by atoms with Gasteiger partial charge in [0.25, 0.3) is 0 Å². The van der Waals surface area contributed by atoms with Gasteiger partial charge in [0, 0.05) is 9.37 Å². The average molecular weight is 403 g/mol. The van der Waals surface area contributed by atoms with Gasteiger partial charge in [-0.15, -0.1) is 0 Å². The first-order valence-electron chi connectivity index (χ1n) is 6.46. The number of hydrogen-bond acceptors (Lipinski definition) is 4. The highest BCUT2D eigenvalue weighted by Crippen LogP contribution is 2.45. The molecule has 0 amide bonds. The molecule has 0 atom stereocenters. The van der Waals surface area contributed by atoms with E-state index in [-0.39, 0.29) is 22.6 Å². The van der Waals surface area contributed by atoms with E-state index in [4.69, 9.17) is 16.3 Å². The van der Waals surface area contributed by atoms with E-state index in [0.717, 1.165) is 9.37 Å². The van der Waals surface area contributed by atoms with Crippen molar-refractivity contribution in [1.82, 2.24) is 0 Å². The van der Waals surface area contributed by atoms with Crippen LogP contribution in [-0.2, 0) is 0 Å². The molecule has 0 unspecified atom stereocenters. The Kier molecular flexibility index (Phi) is 5.72. The van der Waals surface area contributed by atoms with Crippen LogP contribution in [0.15, 0.2) is 50.7 Å². The highest BCUT2D eigenvalue weighted by atomic mass is 79.9. The van der Waals surface area contributed by atoms with Gasteiger partial charge in [0.2, 0.25) is 5.75 Å². The fourth-order valence-corrected chi connectivity index (χ4v) is 3.45. The van der Waals surface area contributed by atoms with E-state index in [0.29, 0.717) is 4.90 Å². The first-order valence-corrected chi connectivity index (χ1v) is 8.44. The number of hydrogen-bond donors (Lipinski definition) is 0. The van der Waals surface area contributed by atoms with Crippen LogP contribution in [0.25, 0.3) is 0 Å². The number of benzene rings is 2. The van der Waals surface area contributed by atoms with E-state index in [9.17, 15) is 10.1 Å². The van der Waals surface area contributed by atoms with Crippen molar-refractivity contribution in [2.45, 2.75) is 29.7 Å². The quantitative estimate of drug-likeness (QED) is 0.458. The summed E-state index contributed by atoms with van der Waals surface area (Å²) in [5, 5.41) is 11.7. The Hall–Kier alpha value is -1.24. The Morgan fingerprint density at radius 2 is 1.91 bits per heavy atom. The van der Waals surface area contributed by atoms with Crippen LogP contribution >= 0.6 is 39.3 Å². The topological polar surface area (TPSA) is 52.4 Å². The summed E-state index contributed by atoms with van der Waals surface area (Å²) in [5.41, 5.74) is -0.109. The molecule has 0 aliphatic carbocycles. The molecule has 0 N–H and O–H groups in total. The SMILES string of the molecule is CC(C)Oc1c(Cl)ccc(Sc2ccccc2Br)c1[N+](=O)[O-]. The Balaban J connectivity index is 2.52. The normalized spacial score (nSPS) is 10.8. The zero-order valence-electron chi connectivity index (χ0n) is 11.9. The van der Waals surface area contributed by atoms with Crippen LogP contribution < -0.4 is 4.74 Å². The third kappa shape index (κ3) is 3.94. The third-order valence-electron chi connectivity index (χ3n) is 2.64. The first kappa shape index (κ1) is 17.1. The van der Waals surface area contributed by atoms with Crippen molar-refractivity contribution < 1.29 is 9.66 Å². The lowest BCUT2D eigenvalue weighted by Gasteiger charge is -2.14.